The van der Waals surface area contributed by atoms with Gasteiger partial charge >= 0.3 is 5.97 Å². The lowest BCUT2D eigenvalue weighted by Gasteiger charge is -2.29. The quantitative estimate of drug-likeness (QED) is 0.350. The number of hydrogen-bond acceptors (Lipinski definition) is 7. The highest BCUT2D eigenvalue weighted by molar-refractivity contribution is 7.99. The number of nitrogens with one attached hydrogen (secondary N) is 2. The normalized spacial score (nSPS) is 14.8. The minimum Gasteiger partial charge on any atom is -0.465 e. The Balaban J connectivity index is 1.77. The molecule has 1 aliphatic heterocycles. The van der Waals surface area contributed by atoms with Gasteiger partial charge in [0.15, 0.2) is 0 Å². The highest BCUT2D eigenvalue weighted by Crippen LogP contribution is 2.37. The first-order valence-electron chi connectivity index (χ1n) is 11.5. The van der Waals surface area contributed by atoms with Crippen molar-refractivity contribution in [1.29, 1.82) is 0 Å². The van der Waals surface area contributed by atoms with Crippen LogP contribution in [0.5, 0.6) is 0 Å². The van der Waals surface area contributed by atoms with E-state index >= 15 is 0 Å². The van der Waals surface area contributed by atoms with Crippen molar-refractivity contribution in [2.75, 3.05) is 23.5 Å². The van der Waals surface area contributed by atoms with Crippen LogP contribution in [0.3, 0.4) is 0 Å². The molecule has 0 radical (unpaired) electrons. The maximum Gasteiger partial charge on any atom is 0.337 e. The Kier molecular flexibility index (Phi) is 7.25. The molecule has 3 aromatic rings. The van der Waals surface area contributed by atoms with Crippen LogP contribution in [0.1, 0.15) is 53.4 Å². The zero-order valence-electron chi connectivity index (χ0n) is 20.5. The number of esters is 1. The predicted octanol–water partition coefficient (Wildman–Crippen LogP) is 5.11. The minimum absolute atomic E-state index is 0.227. The number of amides is 1. The Morgan fingerprint density at radius 3 is 2.57 bits per heavy atom. The monoisotopic (exact) mass is 491 g/mol. The first-order chi connectivity index (χ1) is 16.8. The van der Waals surface area contributed by atoms with Gasteiger partial charge in [-0.2, -0.15) is 4.98 Å². The van der Waals surface area contributed by atoms with Crippen LogP contribution in [0.2, 0.25) is 0 Å². The number of nitrogens with zero attached hydrogens (tertiary/aromatic N) is 3. The summed E-state index contributed by atoms with van der Waals surface area (Å²) in [5, 5.41) is 11.7. The lowest BCUT2D eigenvalue weighted by atomic mass is 9.94. The van der Waals surface area contributed by atoms with Gasteiger partial charge in [-0.25, -0.2) is 9.48 Å². The smallest absolute Gasteiger partial charge is 0.337 e. The van der Waals surface area contributed by atoms with E-state index in [1.807, 2.05) is 51.1 Å². The third kappa shape index (κ3) is 4.95. The first kappa shape index (κ1) is 24.5. The Morgan fingerprint density at radius 1 is 1.14 bits per heavy atom. The maximum atomic E-state index is 13.7. The van der Waals surface area contributed by atoms with Gasteiger partial charge in [0.05, 0.1) is 18.2 Å². The summed E-state index contributed by atoms with van der Waals surface area (Å²) in [7, 11) is 1.35. The third-order valence-corrected chi connectivity index (χ3v) is 7.06. The van der Waals surface area contributed by atoms with Gasteiger partial charge < -0.3 is 15.4 Å². The number of methoxy groups -OCH3 is 1. The highest BCUT2D eigenvalue weighted by atomic mass is 32.2. The average molecular weight is 492 g/mol. The van der Waals surface area contributed by atoms with Crippen molar-refractivity contribution in [2.45, 2.75) is 45.3 Å². The topological polar surface area (TPSA) is 98.1 Å². The molecule has 9 heteroatoms. The molecule has 0 aliphatic carbocycles. The van der Waals surface area contributed by atoms with Crippen molar-refractivity contribution in [3.8, 4) is 0 Å². The number of aromatic nitrogens is 3. The SMILES string of the molecule is CCCSc1nc2n(n1)C(c1ccc(C(=O)OC)cc1)C(C(=O)Nc1cccc(C)c1C)=C(C)N2. The van der Waals surface area contributed by atoms with E-state index in [0.29, 0.717) is 27.9 Å². The Hall–Kier alpha value is -3.59. The lowest BCUT2D eigenvalue weighted by Crippen LogP contribution is -2.31. The van der Waals surface area contributed by atoms with Crippen LogP contribution >= 0.6 is 11.8 Å². The molecule has 1 aromatic heterocycles. The highest BCUT2D eigenvalue weighted by Gasteiger charge is 2.34. The lowest BCUT2D eigenvalue weighted by molar-refractivity contribution is -0.113. The predicted molar refractivity (Wildman–Crippen MR) is 138 cm³/mol. The molecule has 182 valence electrons. The summed E-state index contributed by atoms with van der Waals surface area (Å²) >= 11 is 1.57. The summed E-state index contributed by atoms with van der Waals surface area (Å²) in [5.74, 6) is 0.830. The Labute approximate surface area is 209 Å². The van der Waals surface area contributed by atoms with Crippen LogP contribution in [0.15, 0.2) is 58.9 Å². The molecule has 1 aliphatic rings. The standard InChI is InChI=1S/C26H29N5O3S/c1-6-14-35-26-29-25-27-17(4)21(23(32)28-20-9-7-8-15(2)16(20)3)22(31(25)30-26)18-10-12-19(13-11-18)24(33)34-5/h7-13,22H,6,14H2,1-5H3,(H,28,32)(H,27,29,30). The van der Waals surface area contributed by atoms with Crippen LogP contribution in [-0.2, 0) is 9.53 Å². The minimum atomic E-state index is -0.522. The second-order valence-electron chi connectivity index (χ2n) is 8.39. The van der Waals surface area contributed by atoms with Crippen LogP contribution in [0.4, 0.5) is 11.6 Å². The molecule has 0 bridgehead atoms. The summed E-state index contributed by atoms with van der Waals surface area (Å²) in [4.78, 5) is 30.3. The summed E-state index contributed by atoms with van der Waals surface area (Å²) in [6, 6.07) is 12.4. The van der Waals surface area contributed by atoms with Gasteiger partial charge in [0.25, 0.3) is 5.91 Å². The van der Waals surface area contributed by atoms with Crippen molar-refractivity contribution in [2.24, 2.45) is 0 Å². The van der Waals surface area contributed by atoms with E-state index in [0.717, 1.165) is 34.6 Å². The van der Waals surface area contributed by atoms with E-state index in [9.17, 15) is 9.59 Å². The second-order valence-corrected chi connectivity index (χ2v) is 9.45. The number of carbonyl (C=O) groups excluding carboxylic acids is 2. The van der Waals surface area contributed by atoms with Gasteiger partial charge in [0.1, 0.15) is 6.04 Å². The average Bonchev–Trinajstić information content (AvgIpc) is 3.26. The number of allylic oxidation sites excluding steroid dienone is 1. The molecule has 0 spiro atoms. The van der Waals surface area contributed by atoms with E-state index in [1.54, 1.807) is 28.6 Å². The number of ether oxygens (including phenoxy) is 1. The van der Waals surface area contributed by atoms with Crippen molar-refractivity contribution in [1.82, 2.24) is 14.8 Å². The molecular weight excluding hydrogens is 462 g/mol. The molecule has 4 rings (SSSR count). The third-order valence-electron chi connectivity index (χ3n) is 6.01. The molecule has 0 saturated carbocycles. The number of anilines is 2. The molecule has 2 aromatic carbocycles. The van der Waals surface area contributed by atoms with Gasteiger partial charge in [-0.15, -0.1) is 5.10 Å². The van der Waals surface area contributed by atoms with Crippen LogP contribution in [-0.4, -0.2) is 39.5 Å². The number of benzene rings is 2. The van der Waals surface area contributed by atoms with Crippen molar-refractivity contribution in [3.63, 3.8) is 0 Å². The molecule has 2 N–H and O–H groups in total. The van der Waals surface area contributed by atoms with Gasteiger partial charge in [-0.3, -0.25) is 4.79 Å². The number of aryl methyl sites for hydroxylation is 1. The maximum absolute atomic E-state index is 13.7. The molecule has 8 nitrogen and oxygen atoms in total. The fourth-order valence-corrected chi connectivity index (χ4v) is 4.67. The zero-order valence-corrected chi connectivity index (χ0v) is 21.3. The van der Waals surface area contributed by atoms with E-state index in [2.05, 4.69) is 22.5 Å². The van der Waals surface area contributed by atoms with Gasteiger partial charge in [0.2, 0.25) is 11.1 Å². The fraction of sp³-hybridized carbons (Fsp3) is 0.308. The zero-order chi connectivity index (χ0) is 25.1. The number of rotatable bonds is 7. The molecule has 1 unspecified atom stereocenters. The van der Waals surface area contributed by atoms with E-state index in [1.165, 1.54) is 7.11 Å². The van der Waals surface area contributed by atoms with Gasteiger partial charge in [-0.05, 0) is 62.1 Å². The van der Waals surface area contributed by atoms with Crippen LogP contribution in [0.25, 0.3) is 0 Å². The molecule has 1 atom stereocenters. The largest absolute Gasteiger partial charge is 0.465 e. The second kappa shape index (κ2) is 10.4. The number of thioether (sulfide) groups is 1. The molecular formula is C26H29N5O3S. The van der Waals surface area contributed by atoms with Crippen LogP contribution < -0.4 is 10.6 Å². The van der Waals surface area contributed by atoms with Crippen LogP contribution in [0, 0.1) is 13.8 Å². The van der Waals surface area contributed by atoms with E-state index in [-0.39, 0.29) is 5.91 Å². The van der Waals surface area contributed by atoms with E-state index < -0.39 is 12.0 Å². The van der Waals surface area contributed by atoms with Crippen molar-refractivity contribution >= 4 is 35.3 Å². The summed E-state index contributed by atoms with van der Waals surface area (Å²) < 4.78 is 6.58. The molecule has 1 amide bonds. The summed E-state index contributed by atoms with van der Waals surface area (Å²) in [6.07, 6.45) is 1.00. The fourth-order valence-electron chi connectivity index (χ4n) is 3.98. The number of hydrogen-bond donors (Lipinski definition) is 2. The first-order valence-corrected chi connectivity index (χ1v) is 12.5. The van der Waals surface area contributed by atoms with Gasteiger partial charge in [0, 0.05) is 17.1 Å². The Morgan fingerprint density at radius 2 is 1.89 bits per heavy atom. The number of fused-ring (bicyclic) bond motifs is 1. The molecule has 0 saturated heterocycles. The number of carbonyl (C=O) groups is 2. The van der Waals surface area contributed by atoms with E-state index in [4.69, 9.17) is 9.84 Å². The van der Waals surface area contributed by atoms with Gasteiger partial charge in [-0.1, -0.05) is 43.0 Å². The Bertz CT molecular complexity index is 1300. The van der Waals surface area contributed by atoms with Crippen molar-refractivity contribution < 1.29 is 14.3 Å². The molecule has 35 heavy (non-hydrogen) atoms. The summed E-state index contributed by atoms with van der Waals surface area (Å²) in [6.45, 7) is 7.97. The molecule has 0 fully saturated rings. The summed E-state index contributed by atoms with van der Waals surface area (Å²) in [5.41, 5.74) is 5.35. The van der Waals surface area contributed by atoms with Crippen molar-refractivity contribution in [3.05, 3.63) is 76.0 Å². The molecule has 2 heterocycles.